The standard InChI is InChI=1S/C17H17ClN2O5S/c1-20(2)26(23,24)13-6-4-5-11(9-13)16(21)19-15-10-12(18)7-8-14(15)17(22)25-3/h4-10H,1-3H3,(H,19,21). The fourth-order valence-corrected chi connectivity index (χ4v) is 3.23. The summed E-state index contributed by atoms with van der Waals surface area (Å²) < 4.78 is 30.1. The number of nitrogens with zero attached hydrogens (tertiary/aromatic N) is 1. The number of methoxy groups -OCH3 is 1. The van der Waals surface area contributed by atoms with Crippen LogP contribution in [0.4, 0.5) is 5.69 Å². The lowest BCUT2D eigenvalue weighted by Gasteiger charge is -2.13. The molecule has 0 aliphatic heterocycles. The first kappa shape index (κ1) is 19.9. The van der Waals surface area contributed by atoms with Crippen molar-refractivity contribution < 1.29 is 22.7 Å². The summed E-state index contributed by atoms with van der Waals surface area (Å²) in [4.78, 5) is 24.3. The van der Waals surface area contributed by atoms with E-state index in [4.69, 9.17) is 11.6 Å². The maximum absolute atomic E-state index is 12.5. The van der Waals surface area contributed by atoms with Crippen molar-refractivity contribution in [1.82, 2.24) is 4.31 Å². The summed E-state index contributed by atoms with van der Waals surface area (Å²) >= 11 is 5.93. The van der Waals surface area contributed by atoms with Crippen molar-refractivity contribution in [3.63, 3.8) is 0 Å². The SMILES string of the molecule is COC(=O)c1ccc(Cl)cc1NC(=O)c1cccc(S(=O)(=O)N(C)C)c1. The molecule has 0 aliphatic carbocycles. The molecule has 9 heteroatoms. The topological polar surface area (TPSA) is 92.8 Å². The van der Waals surface area contributed by atoms with E-state index in [0.29, 0.717) is 5.02 Å². The molecule has 138 valence electrons. The average molecular weight is 397 g/mol. The Hall–Kier alpha value is -2.42. The molecule has 1 amide bonds. The lowest BCUT2D eigenvalue weighted by Crippen LogP contribution is -2.23. The Morgan fingerprint density at radius 1 is 1.12 bits per heavy atom. The molecule has 0 aromatic heterocycles. The molecule has 0 radical (unpaired) electrons. The number of anilines is 1. The first-order valence-electron chi connectivity index (χ1n) is 7.38. The van der Waals surface area contributed by atoms with E-state index in [1.165, 1.54) is 63.7 Å². The highest BCUT2D eigenvalue weighted by molar-refractivity contribution is 7.89. The van der Waals surface area contributed by atoms with Gasteiger partial charge in [-0.25, -0.2) is 17.5 Å². The Morgan fingerprint density at radius 3 is 2.42 bits per heavy atom. The zero-order valence-electron chi connectivity index (χ0n) is 14.3. The summed E-state index contributed by atoms with van der Waals surface area (Å²) in [5, 5.41) is 2.87. The lowest BCUT2D eigenvalue weighted by molar-refractivity contribution is 0.0602. The van der Waals surface area contributed by atoms with Gasteiger partial charge in [-0.05, 0) is 36.4 Å². The van der Waals surface area contributed by atoms with Crippen LogP contribution in [-0.4, -0.2) is 45.8 Å². The minimum atomic E-state index is -3.68. The van der Waals surface area contributed by atoms with E-state index < -0.39 is 21.9 Å². The van der Waals surface area contributed by atoms with Gasteiger partial charge in [0, 0.05) is 24.7 Å². The molecule has 0 saturated heterocycles. The molecule has 0 saturated carbocycles. The quantitative estimate of drug-likeness (QED) is 0.784. The molecule has 2 rings (SSSR count). The Kier molecular flexibility index (Phi) is 6.01. The summed E-state index contributed by atoms with van der Waals surface area (Å²) in [6, 6.07) is 9.91. The Bertz CT molecular complexity index is 957. The number of sulfonamides is 1. The van der Waals surface area contributed by atoms with E-state index in [9.17, 15) is 18.0 Å². The minimum absolute atomic E-state index is 0.0190. The molecule has 7 nitrogen and oxygen atoms in total. The molecular weight excluding hydrogens is 380 g/mol. The molecule has 2 aromatic carbocycles. The van der Waals surface area contributed by atoms with E-state index in [2.05, 4.69) is 10.1 Å². The molecular formula is C17H17ClN2O5S. The van der Waals surface area contributed by atoms with E-state index in [1.807, 2.05) is 0 Å². The van der Waals surface area contributed by atoms with E-state index in [-0.39, 0.29) is 21.7 Å². The number of benzene rings is 2. The number of amides is 1. The van der Waals surface area contributed by atoms with E-state index in [0.717, 1.165) is 4.31 Å². The van der Waals surface area contributed by atoms with E-state index >= 15 is 0 Å². The van der Waals surface area contributed by atoms with Gasteiger partial charge in [0.2, 0.25) is 10.0 Å². The molecule has 0 fully saturated rings. The number of carbonyl (C=O) groups is 2. The highest BCUT2D eigenvalue weighted by Crippen LogP contribution is 2.23. The van der Waals surface area contributed by atoms with Gasteiger partial charge >= 0.3 is 5.97 Å². The van der Waals surface area contributed by atoms with Crippen LogP contribution in [0.15, 0.2) is 47.4 Å². The molecule has 0 aliphatic rings. The zero-order chi connectivity index (χ0) is 19.5. The largest absolute Gasteiger partial charge is 0.465 e. The molecule has 26 heavy (non-hydrogen) atoms. The average Bonchev–Trinajstić information content (AvgIpc) is 2.61. The molecule has 0 heterocycles. The number of ether oxygens (including phenoxy) is 1. The highest BCUT2D eigenvalue weighted by atomic mass is 35.5. The van der Waals surface area contributed by atoms with Crippen LogP contribution in [0.5, 0.6) is 0 Å². The Labute approximate surface area is 156 Å². The third-order valence-corrected chi connectivity index (χ3v) is 5.56. The highest BCUT2D eigenvalue weighted by Gasteiger charge is 2.20. The molecule has 0 unspecified atom stereocenters. The lowest BCUT2D eigenvalue weighted by atomic mass is 10.1. The van der Waals surface area contributed by atoms with Crippen LogP contribution in [0.1, 0.15) is 20.7 Å². The maximum atomic E-state index is 12.5. The van der Waals surface area contributed by atoms with Crippen LogP contribution >= 0.6 is 11.6 Å². The third-order valence-electron chi connectivity index (χ3n) is 3.51. The van der Waals surface area contributed by atoms with Gasteiger partial charge in [-0.1, -0.05) is 17.7 Å². The number of hydrogen-bond donors (Lipinski definition) is 1. The predicted octanol–water partition coefficient (Wildman–Crippen LogP) is 2.63. The van der Waals surface area contributed by atoms with Crippen molar-refractivity contribution in [2.75, 3.05) is 26.5 Å². The van der Waals surface area contributed by atoms with Crippen molar-refractivity contribution in [2.45, 2.75) is 4.90 Å². The van der Waals surface area contributed by atoms with Crippen LogP contribution in [0.3, 0.4) is 0 Å². The van der Waals surface area contributed by atoms with Crippen molar-refractivity contribution in [3.8, 4) is 0 Å². The molecule has 1 N–H and O–H groups in total. The number of halogens is 1. The van der Waals surface area contributed by atoms with Crippen LogP contribution in [0, 0.1) is 0 Å². The molecule has 2 aromatic rings. The summed E-state index contributed by atoms with van der Waals surface area (Å²) in [6.07, 6.45) is 0. The second kappa shape index (κ2) is 7.86. The van der Waals surface area contributed by atoms with E-state index in [1.54, 1.807) is 0 Å². The zero-order valence-corrected chi connectivity index (χ0v) is 15.9. The predicted molar refractivity (Wildman–Crippen MR) is 98.1 cm³/mol. The molecule has 0 atom stereocenters. The van der Waals surface area contributed by atoms with Crippen LogP contribution in [0.25, 0.3) is 0 Å². The van der Waals surface area contributed by atoms with Crippen LogP contribution in [-0.2, 0) is 14.8 Å². The van der Waals surface area contributed by atoms with Crippen molar-refractivity contribution in [1.29, 1.82) is 0 Å². The monoisotopic (exact) mass is 396 g/mol. The van der Waals surface area contributed by atoms with Gasteiger partial charge in [0.25, 0.3) is 5.91 Å². The van der Waals surface area contributed by atoms with Gasteiger partial charge in [0.05, 0.1) is 23.3 Å². The first-order chi connectivity index (χ1) is 12.2. The normalized spacial score (nSPS) is 11.3. The fourth-order valence-electron chi connectivity index (χ4n) is 2.11. The first-order valence-corrected chi connectivity index (χ1v) is 9.20. The summed E-state index contributed by atoms with van der Waals surface area (Å²) in [7, 11) is 0.339. The number of carbonyl (C=O) groups excluding carboxylic acids is 2. The van der Waals surface area contributed by atoms with Crippen LogP contribution in [0.2, 0.25) is 5.02 Å². The van der Waals surface area contributed by atoms with Crippen molar-refractivity contribution in [3.05, 3.63) is 58.6 Å². The second-order valence-electron chi connectivity index (χ2n) is 5.45. The maximum Gasteiger partial charge on any atom is 0.339 e. The summed E-state index contributed by atoms with van der Waals surface area (Å²) in [5.74, 6) is -1.23. The van der Waals surface area contributed by atoms with Crippen molar-refractivity contribution >= 4 is 39.2 Å². The van der Waals surface area contributed by atoms with Gasteiger partial charge in [-0.2, -0.15) is 0 Å². The molecule has 0 spiro atoms. The van der Waals surface area contributed by atoms with Gasteiger partial charge in [0.15, 0.2) is 0 Å². The van der Waals surface area contributed by atoms with Gasteiger partial charge < -0.3 is 10.1 Å². The summed E-state index contributed by atoms with van der Waals surface area (Å²) in [6.45, 7) is 0. The number of hydrogen-bond acceptors (Lipinski definition) is 5. The van der Waals surface area contributed by atoms with Crippen LogP contribution < -0.4 is 5.32 Å². The number of esters is 1. The fraction of sp³-hybridized carbons (Fsp3) is 0.176. The van der Waals surface area contributed by atoms with Gasteiger partial charge in [-0.15, -0.1) is 0 Å². The second-order valence-corrected chi connectivity index (χ2v) is 8.04. The van der Waals surface area contributed by atoms with Crippen molar-refractivity contribution in [2.24, 2.45) is 0 Å². The number of rotatable bonds is 5. The Morgan fingerprint density at radius 2 is 1.81 bits per heavy atom. The third kappa shape index (κ3) is 4.21. The minimum Gasteiger partial charge on any atom is -0.465 e. The van der Waals surface area contributed by atoms with Gasteiger partial charge in [-0.3, -0.25) is 4.79 Å². The smallest absolute Gasteiger partial charge is 0.339 e. The van der Waals surface area contributed by atoms with Gasteiger partial charge in [0.1, 0.15) is 0 Å². The Balaban J connectivity index is 2.38. The number of nitrogens with one attached hydrogen (secondary N) is 1. The molecule has 0 bridgehead atoms. The summed E-state index contributed by atoms with van der Waals surface area (Å²) in [5.41, 5.74) is 0.404.